The molecule has 0 saturated carbocycles. The zero-order chi connectivity index (χ0) is 21.0. The third kappa shape index (κ3) is 4.54. The summed E-state index contributed by atoms with van der Waals surface area (Å²) in [4.78, 5) is 10.2. The first-order valence-electron chi connectivity index (χ1n) is 8.26. The molecule has 0 atom stereocenters. The number of halogens is 3. The van der Waals surface area contributed by atoms with Crippen molar-refractivity contribution in [3.8, 4) is 11.4 Å². The second kappa shape index (κ2) is 8.05. The number of rotatable bonds is 6. The van der Waals surface area contributed by atoms with E-state index in [9.17, 15) is 23.3 Å². The molecule has 0 fully saturated rings. The lowest BCUT2D eigenvalue weighted by molar-refractivity contribution is -0.384. The molecule has 3 aromatic rings. The number of hydrazone groups is 1. The van der Waals surface area contributed by atoms with Gasteiger partial charge in [0.1, 0.15) is 11.4 Å². The Morgan fingerprint density at radius 1 is 1.17 bits per heavy atom. The number of benzene rings is 2. The highest BCUT2D eigenvalue weighted by molar-refractivity contribution is 5.80. The van der Waals surface area contributed by atoms with E-state index in [-0.39, 0.29) is 5.69 Å². The van der Waals surface area contributed by atoms with Crippen LogP contribution in [0.2, 0.25) is 0 Å². The molecule has 0 unspecified atom stereocenters. The minimum atomic E-state index is -4.67. The number of ether oxygens (including phenoxy) is 1. The van der Waals surface area contributed by atoms with Gasteiger partial charge >= 0.3 is 6.18 Å². The number of nitrogens with one attached hydrogen (secondary N) is 1. The van der Waals surface area contributed by atoms with Gasteiger partial charge in [0, 0.05) is 18.0 Å². The van der Waals surface area contributed by atoms with Crippen LogP contribution in [0.15, 0.2) is 65.9 Å². The number of hydrogen-bond acceptors (Lipinski definition) is 5. The van der Waals surface area contributed by atoms with Crippen molar-refractivity contribution in [2.75, 3.05) is 12.5 Å². The molecule has 0 amide bonds. The molecule has 0 spiro atoms. The number of methoxy groups -OCH3 is 1. The minimum absolute atomic E-state index is 0.151. The van der Waals surface area contributed by atoms with Gasteiger partial charge in [0.2, 0.25) is 0 Å². The number of aromatic nitrogens is 1. The number of alkyl halides is 3. The molecule has 1 heterocycles. The third-order valence-corrected chi connectivity index (χ3v) is 4.03. The van der Waals surface area contributed by atoms with Crippen LogP contribution in [-0.2, 0) is 6.18 Å². The van der Waals surface area contributed by atoms with E-state index in [1.807, 2.05) is 16.7 Å². The van der Waals surface area contributed by atoms with Crippen LogP contribution in [0.25, 0.3) is 5.69 Å². The highest BCUT2D eigenvalue weighted by Gasteiger charge is 2.33. The molecule has 0 saturated heterocycles. The summed E-state index contributed by atoms with van der Waals surface area (Å²) < 4.78 is 45.2. The maximum Gasteiger partial charge on any atom is 0.416 e. The van der Waals surface area contributed by atoms with Crippen molar-refractivity contribution in [3.63, 3.8) is 0 Å². The van der Waals surface area contributed by atoms with Crippen molar-refractivity contribution in [1.82, 2.24) is 4.57 Å². The summed E-state index contributed by atoms with van der Waals surface area (Å²) in [6.45, 7) is 0. The van der Waals surface area contributed by atoms with Gasteiger partial charge < -0.3 is 9.30 Å². The first-order valence-corrected chi connectivity index (χ1v) is 8.26. The van der Waals surface area contributed by atoms with Gasteiger partial charge in [-0.3, -0.25) is 15.5 Å². The van der Waals surface area contributed by atoms with Gasteiger partial charge in [-0.25, -0.2) is 0 Å². The van der Waals surface area contributed by atoms with E-state index in [0.29, 0.717) is 17.5 Å². The molecular formula is C19H15F3N4O3. The van der Waals surface area contributed by atoms with Gasteiger partial charge in [-0.1, -0.05) is 0 Å². The molecule has 2 aromatic carbocycles. The Morgan fingerprint density at radius 3 is 2.52 bits per heavy atom. The number of nitro benzene ring substituents is 1. The Kier molecular flexibility index (Phi) is 5.53. The predicted octanol–water partition coefficient (Wildman–Crippen LogP) is 4.86. The summed E-state index contributed by atoms with van der Waals surface area (Å²) in [6.07, 6.45) is -1.47. The lowest BCUT2D eigenvalue weighted by Gasteiger charge is -2.09. The van der Waals surface area contributed by atoms with Crippen molar-refractivity contribution >= 4 is 17.6 Å². The van der Waals surface area contributed by atoms with Crippen molar-refractivity contribution in [2.45, 2.75) is 6.18 Å². The monoisotopic (exact) mass is 404 g/mol. The van der Waals surface area contributed by atoms with Crippen LogP contribution in [0.5, 0.6) is 5.75 Å². The number of nitro groups is 1. The maximum absolute atomic E-state index is 12.8. The second-order valence-electron chi connectivity index (χ2n) is 5.86. The summed E-state index contributed by atoms with van der Waals surface area (Å²) in [5, 5.41) is 15.0. The van der Waals surface area contributed by atoms with E-state index in [0.717, 1.165) is 17.8 Å². The summed E-state index contributed by atoms with van der Waals surface area (Å²) >= 11 is 0. The summed E-state index contributed by atoms with van der Waals surface area (Å²) in [7, 11) is 1.56. The van der Waals surface area contributed by atoms with E-state index in [4.69, 9.17) is 4.74 Å². The zero-order valence-corrected chi connectivity index (χ0v) is 15.1. The number of hydrogen-bond donors (Lipinski definition) is 1. The molecule has 29 heavy (non-hydrogen) atoms. The van der Waals surface area contributed by atoms with E-state index >= 15 is 0 Å². The van der Waals surface area contributed by atoms with Crippen LogP contribution in [0.1, 0.15) is 11.3 Å². The van der Waals surface area contributed by atoms with Crippen molar-refractivity contribution in [3.05, 3.63) is 82.2 Å². The fourth-order valence-corrected chi connectivity index (χ4v) is 2.60. The molecule has 0 radical (unpaired) electrons. The number of nitrogens with zero attached hydrogens (tertiary/aromatic N) is 3. The first kappa shape index (κ1) is 19.9. The van der Waals surface area contributed by atoms with Gasteiger partial charge in [0.15, 0.2) is 0 Å². The molecular weight excluding hydrogens is 389 g/mol. The molecule has 150 valence electrons. The minimum Gasteiger partial charge on any atom is -0.497 e. The molecule has 0 bridgehead atoms. The van der Waals surface area contributed by atoms with Crippen LogP contribution < -0.4 is 10.2 Å². The van der Waals surface area contributed by atoms with Gasteiger partial charge in [-0.05, 0) is 48.5 Å². The normalized spacial score (nSPS) is 11.6. The highest BCUT2D eigenvalue weighted by Crippen LogP contribution is 2.34. The summed E-state index contributed by atoms with van der Waals surface area (Å²) in [5.41, 5.74) is 1.94. The molecule has 1 aromatic heterocycles. The van der Waals surface area contributed by atoms with E-state index in [1.54, 1.807) is 37.6 Å². The van der Waals surface area contributed by atoms with Crippen LogP contribution in [-0.4, -0.2) is 22.8 Å². The van der Waals surface area contributed by atoms with Crippen LogP contribution in [0.3, 0.4) is 0 Å². The van der Waals surface area contributed by atoms with Gasteiger partial charge in [0.05, 0.1) is 29.5 Å². The molecule has 3 rings (SSSR count). The summed E-state index contributed by atoms with van der Waals surface area (Å²) in [6, 6.07) is 13.0. The predicted molar refractivity (Wildman–Crippen MR) is 102 cm³/mol. The molecule has 1 N–H and O–H groups in total. The number of anilines is 1. The van der Waals surface area contributed by atoms with E-state index < -0.39 is 22.4 Å². The fourth-order valence-electron chi connectivity index (χ4n) is 2.60. The first-order chi connectivity index (χ1) is 13.8. The highest BCUT2D eigenvalue weighted by atomic mass is 19.4. The average Bonchev–Trinajstić information content (AvgIpc) is 3.15. The SMILES string of the molecule is COc1ccc(-n2cccc2/C=N\Nc2ccc(C(F)(F)F)cc2[N+](=O)[O-])cc1. The standard InChI is InChI=1S/C19H15F3N4O3/c1-29-16-7-5-14(6-8-16)25-10-2-3-15(25)12-23-24-17-9-4-13(19(20,21)22)11-18(17)26(27)28/h2-12,24H,1H3/b23-12-. The third-order valence-electron chi connectivity index (χ3n) is 4.03. The molecule has 0 aliphatic heterocycles. The fraction of sp³-hybridized carbons (Fsp3) is 0.105. The molecule has 10 heteroatoms. The van der Waals surface area contributed by atoms with Crippen molar-refractivity contribution < 1.29 is 22.8 Å². The van der Waals surface area contributed by atoms with Gasteiger partial charge in [0.25, 0.3) is 5.69 Å². The lowest BCUT2D eigenvalue weighted by Crippen LogP contribution is -2.07. The second-order valence-corrected chi connectivity index (χ2v) is 5.86. The topological polar surface area (TPSA) is 81.7 Å². The summed E-state index contributed by atoms with van der Waals surface area (Å²) in [5.74, 6) is 0.701. The van der Waals surface area contributed by atoms with Crippen LogP contribution >= 0.6 is 0 Å². The van der Waals surface area contributed by atoms with E-state index in [1.165, 1.54) is 6.21 Å². The largest absolute Gasteiger partial charge is 0.497 e. The van der Waals surface area contributed by atoms with Crippen LogP contribution in [0, 0.1) is 10.1 Å². The molecule has 7 nitrogen and oxygen atoms in total. The lowest BCUT2D eigenvalue weighted by atomic mass is 10.1. The quantitative estimate of drug-likeness (QED) is 0.361. The Morgan fingerprint density at radius 2 is 1.90 bits per heavy atom. The average molecular weight is 404 g/mol. The molecule has 0 aliphatic carbocycles. The van der Waals surface area contributed by atoms with Crippen LogP contribution in [0.4, 0.5) is 24.5 Å². The Labute approximate surface area is 163 Å². The van der Waals surface area contributed by atoms with Gasteiger partial charge in [-0.2, -0.15) is 18.3 Å². The Hall–Kier alpha value is -3.82. The smallest absolute Gasteiger partial charge is 0.416 e. The zero-order valence-electron chi connectivity index (χ0n) is 15.1. The Balaban J connectivity index is 1.82. The Bertz CT molecular complexity index is 1040. The van der Waals surface area contributed by atoms with Gasteiger partial charge in [-0.15, -0.1) is 0 Å². The van der Waals surface area contributed by atoms with Crippen molar-refractivity contribution in [2.24, 2.45) is 5.10 Å². The van der Waals surface area contributed by atoms with E-state index in [2.05, 4.69) is 10.5 Å². The van der Waals surface area contributed by atoms with Crippen molar-refractivity contribution in [1.29, 1.82) is 0 Å². The maximum atomic E-state index is 12.8. The molecule has 0 aliphatic rings.